The summed E-state index contributed by atoms with van der Waals surface area (Å²) in [6.45, 7) is 0.682. The van der Waals surface area contributed by atoms with E-state index >= 15 is 0 Å². The van der Waals surface area contributed by atoms with Gasteiger partial charge in [0.25, 0.3) is 5.91 Å². The highest BCUT2D eigenvalue weighted by atomic mass is 19.1. The first-order valence-corrected chi connectivity index (χ1v) is 8.36. The molecule has 1 aliphatic carbocycles. The molecule has 0 spiro atoms. The van der Waals surface area contributed by atoms with Crippen molar-refractivity contribution in [1.29, 1.82) is 0 Å². The molecule has 0 aromatic carbocycles. The van der Waals surface area contributed by atoms with Crippen LogP contribution in [0.1, 0.15) is 41.2 Å². The van der Waals surface area contributed by atoms with E-state index < -0.39 is 6.17 Å². The highest BCUT2D eigenvalue weighted by Crippen LogP contribution is 2.40. The van der Waals surface area contributed by atoms with Gasteiger partial charge in [0.05, 0.1) is 18.2 Å². The molecule has 1 saturated carbocycles. The fourth-order valence-electron chi connectivity index (χ4n) is 3.38. The Kier molecular flexibility index (Phi) is 3.92. The third-order valence-corrected chi connectivity index (χ3v) is 4.72. The predicted molar refractivity (Wildman–Crippen MR) is 87.8 cm³/mol. The van der Waals surface area contributed by atoms with Crippen molar-refractivity contribution in [3.63, 3.8) is 0 Å². The first-order valence-electron chi connectivity index (χ1n) is 8.36. The summed E-state index contributed by atoms with van der Waals surface area (Å²) in [6, 6.07) is 5.31. The summed E-state index contributed by atoms with van der Waals surface area (Å²) in [5.74, 6) is 1.04. The summed E-state index contributed by atoms with van der Waals surface area (Å²) >= 11 is 0. The molecule has 0 radical (unpaired) electrons. The lowest BCUT2D eigenvalue weighted by Gasteiger charge is -2.24. The smallest absolute Gasteiger partial charge is 0.253 e. The predicted octanol–water partition coefficient (Wildman–Crippen LogP) is 2.03. The molecule has 0 unspecified atom stereocenters. The van der Waals surface area contributed by atoms with E-state index in [0.29, 0.717) is 30.3 Å². The van der Waals surface area contributed by atoms with Crippen LogP contribution in [0, 0.1) is 0 Å². The summed E-state index contributed by atoms with van der Waals surface area (Å²) in [6.07, 6.45) is 5.14. The van der Waals surface area contributed by atoms with Crippen LogP contribution in [0.25, 0.3) is 0 Å². The van der Waals surface area contributed by atoms with Crippen molar-refractivity contribution in [3.8, 4) is 0 Å². The van der Waals surface area contributed by atoms with Gasteiger partial charge in [-0.3, -0.25) is 4.79 Å². The fourth-order valence-corrected chi connectivity index (χ4v) is 3.38. The second-order valence-electron chi connectivity index (χ2n) is 6.51. The van der Waals surface area contributed by atoms with Crippen LogP contribution in [-0.2, 0) is 0 Å². The minimum Gasteiger partial charge on any atom is -0.364 e. The number of nitrogens with one attached hydrogen (secondary N) is 2. The van der Waals surface area contributed by atoms with E-state index in [1.54, 1.807) is 12.3 Å². The van der Waals surface area contributed by atoms with Gasteiger partial charge in [-0.2, -0.15) is 5.10 Å². The molecule has 6 nitrogen and oxygen atoms in total. The zero-order valence-corrected chi connectivity index (χ0v) is 13.3. The lowest BCUT2D eigenvalue weighted by Crippen LogP contribution is -2.40. The number of rotatable bonds is 5. The topological polar surface area (TPSA) is 73.9 Å². The highest BCUT2D eigenvalue weighted by Gasteiger charge is 2.34. The first kappa shape index (κ1) is 15.1. The molecule has 2 fully saturated rings. The van der Waals surface area contributed by atoms with Gasteiger partial charge in [-0.25, -0.2) is 4.39 Å². The van der Waals surface area contributed by atoms with Crippen molar-refractivity contribution >= 4 is 11.7 Å². The van der Waals surface area contributed by atoms with Crippen molar-refractivity contribution < 1.29 is 9.18 Å². The van der Waals surface area contributed by atoms with Gasteiger partial charge in [-0.15, -0.1) is 5.10 Å². The maximum Gasteiger partial charge on any atom is 0.253 e. The maximum absolute atomic E-state index is 13.9. The van der Waals surface area contributed by atoms with Crippen molar-refractivity contribution in [2.75, 3.05) is 18.0 Å². The van der Waals surface area contributed by atoms with E-state index in [2.05, 4.69) is 20.5 Å². The van der Waals surface area contributed by atoms with E-state index in [9.17, 15) is 9.18 Å². The normalized spacial score (nSPS) is 23.5. The quantitative estimate of drug-likeness (QED) is 0.880. The summed E-state index contributed by atoms with van der Waals surface area (Å²) in [4.78, 5) is 17.5. The SMILES string of the molecule is O=C(NC[C@@H]1C[C@H](F)CN1c1cccnn1)c1cc[nH]c1C1CC1. The number of aromatic amines is 1. The number of aromatic nitrogens is 3. The molecular formula is C17H20FN5O. The largest absolute Gasteiger partial charge is 0.364 e. The molecule has 7 heteroatoms. The Morgan fingerprint density at radius 3 is 3.04 bits per heavy atom. The number of hydrogen-bond donors (Lipinski definition) is 2. The zero-order valence-electron chi connectivity index (χ0n) is 13.3. The molecule has 0 bridgehead atoms. The van der Waals surface area contributed by atoms with Crippen LogP contribution in [0.15, 0.2) is 30.6 Å². The van der Waals surface area contributed by atoms with Crippen LogP contribution in [0.3, 0.4) is 0 Å². The van der Waals surface area contributed by atoms with Crippen molar-refractivity contribution in [2.45, 2.75) is 37.4 Å². The number of halogens is 1. The van der Waals surface area contributed by atoms with Gasteiger partial charge in [0.1, 0.15) is 6.17 Å². The number of H-pyrrole nitrogens is 1. The highest BCUT2D eigenvalue weighted by molar-refractivity contribution is 5.95. The first-order chi connectivity index (χ1) is 11.7. The number of amides is 1. The fraction of sp³-hybridized carbons (Fsp3) is 0.471. The molecule has 2 aromatic heterocycles. The number of anilines is 1. The van der Waals surface area contributed by atoms with Crippen LogP contribution in [0.4, 0.5) is 10.2 Å². The Morgan fingerprint density at radius 2 is 2.29 bits per heavy atom. The Balaban J connectivity index is 1.42. The summed E-state index contributed by atoms with van der Waals surface area (Å²) in [7, 11) is 0. The Labute approximate surface area is 139 Å². The van der Waals surface area contributed by atoms with E-state index in [1.165, 1.54) is 0 Å². The van der Waals surface area contributed by atoms with Crippen LogP contribution in [0.2, 0.25) is 0 Å². The lowest BCUT2D eigenvalue weighted by atomic mass is 10.1. The lowest BCUT2D eigenvalue weighted by molar-refractivity contribution is 0.0950. The standard InChI is InChI=1S/C17H20FN5O/c18-12-8-13(23(10-12)15-2-1-6-21-22-15)9-20-17(24)14-5-7-19-16(14)11-3-4-11/h1-2,5-7,11-13,19H,3-4,8-10H2,(H,20,24)/t12-,13-/m0/s1. The molecule has 2 aromatic rings. The van der Waals surface area contributed by atoms with Crippen LogP contribution < -0.4 is 10.2 Å². The maximum atomic E-state index is 13.9. The molecule has 1 saturated heterocycles. The van der Waals surface area contributed by atoms with Gasteiger partial charge in [0.2, 0.25) is 0 Å². The molecule has 2 aliphatic rings. The van der Waals surface area contributed by atoms with Gasteiger partial charge in [-0.1, -0.05) is 0 Å². The van der Waals surface area contributed by atoms with Gasteiger partial charge in [0, 0.05) is 31.1 Å². The molecule has 4 rings (SSSR count). The average Bonchev–Trinajstić information content (AvgIpc) is 3.20. The second-order valence-corrected chi connectivity index (χ2v) is 6.51. The van der Waals surface area contributed by atoms with Crippen LogP contribution in [0.5, 0.6) is 0 Å². The van der Waals surface area contributed by atoms with Crippen LogP contribution >= 0.6 is 0 Å². The third kappa shape index (κ3) is 2.98. The van der Waals surface area contributed by atoms with Crippen molar-refractivity contribution in [1.82, 2.24) is 20.5 Å². The van der Waals surface area contributed by atoms with Gasteiger partial charge < -0.3 is 15.2 Å². The zero-order chi connectivity index (χ0) is 16.5. The van der Waals surface area contributed by atoms with Gasteiger partial charge in [-0.05, 0) is 37.0 Å². The Bertz CT molecular complexity index is 715. The third-order valence-electron chi connectivity index (χ3n) is 4.72. The molecule has 2 N–H and O–H groups in total. The van der Waals surface area contributed by atoms with Gasteiger partial charge >= 0.3 is 0 Å². The molecule has 3 heterocycles. The Morgan fingerprint density at radius 1 is 1.42 bits per heavy atom. The van der Waals surface area contributed by atoms with E-state index in [-0.39, 0.29) is 18.5 Å². The molecule has 1 aliphatic heterocycles. The van der Waals surface area contributed by atoms with E-state index in [0.717, 1.165) is 18.5 Å². The molecule has 24 heavy (non-hydrogen) atoms. The second kappa shape index (κ2) is 6.22. The number of alkyl halides is 1. The van der Waals surface area contributed by atoms with E-state index in [1.807, 2.05) is 23.2 Å². The number of carbonyl (C=O) groups excluding carboxylic acids is 1. The van der Waals surface area contributed by atoms with Crippen molar-refractivity contribution in [3.05, 3.63) is 41.9 Å². The van der Waals surface area contributed by atoms with E-state index in [4.69, 9.17) is 0 Å². The number of carbonyl (C=O) groups is 1. The molecular weight excluding hydrogens is 309 g/mol. The minimum atomic E-state index is -0.914. The number of nitrogens with zero attached hydrogens (tertiary/aromatic N) is 3. The summed E-state index contributed by atoms with van der Waals surface area (Å²) in [5.41, 5.74) is 1.73. The molecule has 126 valence electrons. The van der Waals surface area contributed by atoms with Crippen molar-refractivity contribution in [2.24, 2.45) is 0 Å². The molecule has 2 atom stereocenters. The minimum absolute atomic E-state index is 0.0976. The summed E-state index contributed by atoms with van der Waals surface area (Å²) in [5, 5.41) is 10.9. The number of hydrogen-bond acceptors (Lipinski definition) is 4. The average molecular weight is 329 g/mol. The monoisotopic (exact) mass is 329 g/mol. The summed E-state index contributed by atoms with van der Waals surface area (Å²) < 4.78 is 13.9. The molecule has 1 amide bonds. The van der Waals surface area contributed by atoms with Gasteiger partial charge in [0.15, 0.2) is 5.82 Å². The Hall–Kier alpha value is -2.44. The van der Waals surface area contributed by atoms with Crippen LogP contribution in [-0.4, -0.2) is 46.4 Å².